The molecule has 1 saturated heterocycles. The van der Waals surface area contributed by atoms with Crippen LogP contribution in [0.2, 0.25) is 0 Å². The number of piperazine rings is 1. The van der Waals surface area contributed by atoms with Gasteiger partial charge in [0.05, 0.1) is 15.9 Å². The van der Waals surface area contributed by atoms with Gasteiger partial charge in [-0.3, -0.25) is 9.59 Å². The number of para-hydroxylation sites is 2. The summed E-state index contributed by atoms with van der Waals surface area (Å²) in [6.07, 6.45) is 0.769. The van der Waals surface area contributed by atoms with E-state index >= 15 is 0 Å². The summed E-state index contributed by atoms with van der Waals surface area (Å²) in [6.45, 7) is 5.20. The Labute approximate surface area is 205 Å². The smallest absolute Gasteiger partial charge is 0.243 e. The normalized spacial score (nSPS) is 14.9. The fraction of sp³-hybridized carbons (Fsp3) is 0.400. The van der Waals surface area contributed by atoms with Gasteiger partial charge in [-0.1, -0.05) is 24.3 Å². The zero-order valence-corrected chi connectivity index (χ0v) is 20.9. The lowest BCUT2D eigenvalue weighted by atomic mass is 10.2. The molecule has 1 fully saturated rings. The second kappa shape index (κ2) is 10.6. The highest BCUT2D eigenvalue weighted by Gasteiger charge is 2.31. The summed E-state index contributed by atoms with van der Waals surface area (Å²) in [5, 5.41) is 2.83. The molecule has 4 rings (SSSR count). The predicted molar refractivity (Wildman–Crippen MR) is 133 cm³/mol. The number of nitrogens with zero attached hydrogens (tertiary/aromatic N) is 3. The number of nitrogens with one attached hydrogen (secondary N) is 2. The van der Waals surface area contributed by atoms with Crippen molar-refractivity contribution in [3.05, 3.63) is 59.4 Å². The quantitative estimate of drug-likeness (QED) is 0.495. The van der Waals surface area contributed by atoms with Crippen molar-refractivity contribution in [1.29, 1.82) is 0 Å². The highest BCUT2D eigenvalue weighted by molar-refractivity contribution is 7.89. The molecule has 0 unspecified atom stereocenters. The summed E-state index contributed by atoms with van der Waals surface area (Å²) >= 11 is 0. The van der Waals surface area contributed by atoms with E-state index in [9.17, 15) is 18.0 Å². The number of benzene rings is 2. The standard InChI is InChI=1S/C25H31N5O4S/c1-18-7-8-19(2)22(17-18)35(33,34)30-15-13-29(14-16-30)25(32)10-9-24(31)26-12-11-23-27-20-5-3-4-6-21(20)28-23/h3-8,17H,9-16H2,1-2H3,(H,26,31)(H,27,28). The van der Waals surface area contributed by atoms with E-state index in [4.69, 9.17) is 0 Å². The maximum Gasteiger partial charge on any atom is 0.243 e. The number of rotatable bonds is 8. The largest absolute Gasteiger partial charge is 0.356 e. The molecule has 3 aromatic rings. The molecule has 0 bridgehead atoms. The molecule has 0 radical (unpaired) electrons. The van der Waals surface area contributed by atoms with E-state index in [0.29, 0.717) is 36.5 Å². The van der Waals surface area contributed by atoms with Gasteiger partial charge in [-0.15, -0.1) is 0 Å². The van der Waals surface area contributed by atoms with Crippen LogP contribution in [0.25, 0.3) is 11.0 Å². The Balaban J connectivity index is 1.20. The van der Waals surface area contributed by atoms with Crippen molar-refractivity contribution < 1.29 is 18.0 Å². The number of aromatic nitrogens is 2. The topological polar surface area (TPSA) is 115 Å². The molecule has 9 nitrogen and oxygen atoms in total. The number of carbonyl (C=O) groups is 2. The summed E-state index contributed by atoms with van der Waals surface area (Å²) in [5.74, 6) is 0.475. The Bertz CT molecular complexity index is 1290. The number of H-pyrrole nitrogens is 1. The third-order valence-corrected chi connectivity index (χ3v) is 8.28. The fourth-order valence-corrected chi connectivity index (χ4v) is 5.95. The molecule has 1 aliphatic rings. The number of carbonyl (C=O) groups excluding carboxylic acids is 2. The summed E-state index contributed by atoms with van der Waals surface area (Å²) in [5.41, 5.74) is 3.45. The van der Waals surface area contributed by atoms with E-state index in [1.54, 1.807) is 17.9 Å². The molecule has 10 heteroatoms. The molecule has 35 heavy (non-hydrogen) atoms. The van der Waals surface area contributed by atoms with Crippen molar-refractivity contribution in [2.45, 2.75) is 38.0 Å². The van der Waals surface area contributed by atoms with Crippen LogP contribution in [0.4, 0.5) is 0 Å². The van der Waals surface area contributed by atoms with Gasteiger partial charge in [-0.25, -0.2) is 13.4 Å². The number of hydrogen-bond acceptors (Lipinski definition) is 5. The minimum atomic E-state index is -3.61. The van der Waals surface area contributed by atoms with Gasteiger partial charge >= 0.3 is 0 Å². The average molecular weight is 498 g/mol. The van der Waals surface area contributed by atoms with Crippen molar-refractivity contribution in [2.75, 3.05) is 32.7 Å². The van der Waals surface area contributed by atoms with E-state index in [-0.39, 0.29) is 37.7 Å². The first-order chi connectivity index (χ1) is 16.7. The van der Waals surface area contributed by atoms with Crippen molar-refractivity contribution in [3.8, 4) is 0 Å². The van der Waals surface area contributed by atoms with Crippen molar-refractivity contribution >= 4 is 32.9 Å². The summed E-state index contributed by atoms with van der Waals surface area (Å²) in [4.78, 5) is 34.4. The van der Waals surface area contributed by atoms with Gasteiger partial charge in [0.1, 0.15) is 5.82 Å². The first kappa shape index (κ1) is 24.9. The van der Waals surface area contributed by atoms with Crippen molar-refractivity contribution in [2.24, 2.45) is 0 Å². The molecular weight excluding hydrogens is 466 g/mol. The van der Waals surface area contributed by atoms with Gasteiger partial charge in [0, 0.05) is 52.0 Å². The molecule has 0 saturated carbocycles. The van der Waals surface area contributed by atoms with Gasteiger partial charge < -0.3 is 15.2 Å². The third kappa shape index (κ3) is 5.88. The van der Waals surface area contributed by atoms with Gasteiger partial charge in [0.15, 0.2) is 0 Å². The lowest BCUT2D eigenvalue weighted by molar-refractivity contribution is -0.134. The maximum absolute atomic E-state index is 13.1. The zero-order chi connectivity index (χ0) is 25.0. The van der Waals surface area contributed by atoms with Gasteiger partial charge in [0.2, 0.25) is 21.8 Å². The van der Waals surface area contributed by atoms with Crippen LogP contribution >= 0.6 is 0 Å². The van der Waals surface area contributed by atoms with Crippen molar-refractivity contribution in [3.63, 3.8) is 0 Å². The minimum absolute atomic E-state index is 0.0972. The maximum atomic E-state index is 13.1. The second-order valence-electron chi connectivity index (χ2n) is 8.85. The third-order valence-electron chi connectivity index (χ3n) is 6.24. The average Bonchev–Trinajstić information content (AvgIpc) is 3.27. The second-order valence-corrected chi connectivity index (χ2v) is 10.8. The van der Waals surface area contributed by atoms with Crippen LogP contribution in [0, 0.1) is 13.8 Å². The van der Waals surface area contributed by atoms with E-state index in [1.165, 1.54) is 4.31 Å². The lowest BCUT2D eigenvalue weighted by Gasteiger charge is -2.34. The SMILES string of the molecule is Cc1ccc(C)c(S(=O)(=O)N2CCN(C(=O)CCC(=O)NCCc3nc4ccccc4[nH]3)CC2)c1. The predicted octanol–water partition coefficient (Wildman–Crippen LogP) is 2.15. The Morgan fingerprint density at radius 2 is 1.77 bits per heavy atom. The molecule has 1 aromatic heterocycles. The number of aryl methyl sites for hydroxylation is 2. The molecule has 1 aliphatic heterocycles. The highest BCUT2D eigenvalue weighted by Crippen LogP contribution is 2.22. The molecule has 2 amide bonds. The number of imidazole rings is 1. The van der Waals surface area contributed by atoms with E-state index in [1.807, 2.05) is 43.3 Å². The molecule has 2 N–H and O–H groups in total. The Kier molecular flexibility index (Phi) is 7.51. The number of fused-ring (bicyclic) bond motifs is 1. The summed E-state index contributed by atoms with van der Waals surface area (Å²) in [6, 6.07) is 13.1. The number of amides is 2. The van der Waals surface area contributed by atoms with Crippen LogP contribution in [0.5, 0.6) is 0 Å². The number of aromatic amines is 1. The first-order valence-electron chi connectivity index (χ1n) is 11.8. The van der Waals surface area contributed by atoms with Gasteiger partial charge in [-0.05, 0) is 43.2 Å². The molecular formula is C25H31N5O4S. The van der Waals surface area contributed by atoms with Crippen LogP contribution in [0.3, 0.4) is 0 Å². The Morgan fingerprint density at radius 1 is 1.03 bits per heavy atom. The minimum Gasteiger partial charge on any atom is -0.356 e. The first-order valence-corrected chi connectivity index (χ1v) is 13.2. The summed E-state index contributed by atoms with van der Waals surface area (Å²) < 4.78 is 27.6. The molecule has 0 aliphatic carbocycles. The molecule has 2 aromatic carbocycles. The van der Waals surface area contributed by atoms with Gasteiger partial charge in [0.25, 0.3) is 0 Å². The highest BCUT2D eigenvalue weighted by atomic mass is 32.2. The molecule has 2 heterocycles. The van der Waals surface area contributed by atoms with E-state index < -0.39 is 10.0 Å². The molecule has 186 valence electrons. The lowest BCUT2D eigenvalue weighted by Crippen LogP contribution is -2.50. The monoisotopic (exact) mass is 497 g/mol. The number of hydrogen-bond donors (Lipinski definition) is 2. The molecule has 0 atom stereocenters. The Morgan fingerprint density at radius 3 is 2.51 bits per heavy atom. The van der Waals surface area contributed by atoms with Gasteiger partial charge in [-0.2, -0.15) is 4.31 Å². The van der Waals surface area contributed by atoms with Crippen LogP contribution < -0.4 is 5.32 Å². The van der Waals surface area contributed by atoms with Crippen molar-refractivity contribution in [1.82, 2.24) is 24.5 Å². The van der Waals surface area contributed by atoms with E-state index in [2.05, 4.69) is 15.3 Å². The fourth-order valence-electron chi connectivity index (χ4n) is 4.21. The van der Waals surface area contributed by atoms with E-state index in [0.717, 1.165) is 22.4 Å². The summed E-state index contributed by atoms with van der Waals surface area (Å²) in [7, 11) is -3.61. The van der Waals surface area contributed by atoms with Crippen LogP contribution in [-0.4, -0.2) is 72.1 Å². The Hall–Kier alpha value is -3.24. The molecule has 0 spiro atoms. The van der Waals surface area contributed by atoms with Crippen LogP contribution in [-0.2, 0) is 26.0 Å². The number of sulfonamides is 1. The van der Waals surface area contributed by atoms with Crippen LogP contribution in [0.15, 0.2) is 47.4 Å². The van der Waals surface area contributed by atoms with Crippen LogP contribution in [0.1, 0.15) is 29.8 Å². The zero-order valence-electron chi connectivity index (χ0n) is 20.1.